The Hall–Kier alpha value is -0.520. The van der Waals surface area contributed by atoms with Crippen molar-refractivity contribution in [2.75, 3.05) is 32.9 Å². The lowest BCUT2D eigenvalue weighted by atomic mass is 10.1. The Labute approximate surface area is 111 Å². The molecule has 1 unspecified atom stereocenters. The molecule has 1 fully saturated rings. The third kappa shape index (κ3) is 2.84. The summed E-state index contributed by atoms with van der Waals surface area (Å²) in [6, 6.07) is 2.03. The van der Waals surface area contributed by atoms with E-state index in [1.165, 1.54) is 0 Å². The molecule has 1 aromatic rings. The average molecular weight is 270 g/mol. The first-order chi connectivity index (χ1) is 8.26. The van der Waals surface area contributed by atoms with Crippen LogP contribution in [0.4, 0.5) is 0 Å². The molecule has 1 aliphatic rings. The van der Waals surface area contributed by atoms with Gasteiger partial charge in [-0.3, -0.25) is 4.79 Å². The second kappa shape index (κ2) is 5.89. The Morgan fingerprint density at radius 3 is 3.24 bits per heavy atom. The summed E-state index contributed by atoms with van der Waals surface area (Å²) >= 11 is 3.21. The van der Waals surface area contributed by atoms with Crippen molar-refractivity contribution < 1.29 is 4.79 Å². The van der Waals surface area contributed by atoms with Crippen LogP contribution in [0.5, 0.6) is 0 Å². The molecule has 1 N–H and O–H groups in total. The molecule has 3 nitrogen and oxygen atoms in total. The standard InChI is InChI=1S/C12H18N2OS2/c1-13-7-9-3-5-14(8-9)12(15)11-10(16-2)4-6-17-11/h4,6,9,13H,3,5,7-8H2,1-2H3. The predicted molar refractivity (Wildman–Crippen MR) is 74.0 cm³/mol. The summed E-state index contributed by atoms with van der Waals surface area (Å²) in [5.41, 5.74) is 0. The normalized spacial score (nSPS) is 19.9. The number of nitrogens with zero attached hydrogens (tertiary/aromatic N) is 1. The lowest BCUT2D eigenvalue weighted by Gasteiger charge is -2.16. The maximum Gasteiger partial charge on any atom is 0.265 e. The minimum Gasteiger partial charge on any atom is -0.338 e. The fourth-order valence-electron chi connectivity index (χ4n) is 2.23. The minimum atomic E-state index is 0.211. The van der Waals surface area contributed by atoms with Crippen LogP contribution in [0.3, 0.4) is 0 Å². The van der Waals surface area contributed by atoms with Crippen LogP contribution >= 0.6 is 23.1 Å². The van der Waals surface area contributed by atoms with E-state index in [1.54, 1.807) is 23.1 Å². The molecule has 2 heterocycles. The van der Waals surface area contributed by atoms with Crippen LogP contribution in [-0.4, -0.2) is 43.7 Å². The van der Waals surface area contributed by atoms with Crippen molar-refractivity contribution >= 4 is 29.0 Å². The van der Waals surface area contributed by atoms with Crippen molar-refractivity contribution in [3.05, 3.63) is 16.3 Å². The Balaban J connectivity index is 2.02. The highest BCUT2D eigenvalue weighted by molar-refractivity contribution is 7.98. The zero-order valence-electron chi connectivity index (χ0n) is 10.2. The largest absolute Gasteiger partial charge is 0.338 e. The number of likely N-dealkylation sites (tertiary alicyclic amines) is 1. The SMILES string of the molecule is CNCC1CCN(C(=O)c2sccc2SC)C1. The molecule has 5 heteroatoms. The summed E-state index contributed by atoms with van der Waals surface area (Å²) < 4.78 is 0. The molecule has 1 aromatic heterocycles. The number of amides is 1. The summed E-state index contributed by atoms with van der Waals surface area (Å²) in [7, 11) is 1.97. The van der Waals surface area contributed by atoms with Gasteiger partial charge in [-0.25, -0.2) is 0 Å². The summed E-state index contributed by atoms with van der Waals surface area (Å²) in [4.78, 5) is 16.3. The van der Waals surface area contributed by atoms with Gasteiger partial charge in [-0.15, -0.1) is 23.1 Å². The van der Waals surface area contributed by atoms with E-state index >= 15 is 0 Å². The highest BCUT2D eigenvalue weighted by atomic mass is 32.2. The Morgan fingerprint density at radius 1 is 1.71 bits per heavy atom. The van der Waals surface area contributed by atoms with E-state index in [1.807, 2.05) is 29.6 Å². The van der Waals surface area contributed by atoms with Gasteiger partial charge in [0.15, 0.2) is 0 Å². The smallest absolute Gasteiger partial charge is 0.265 e. The van der Waals surface area contributed by atoms with Crippen molar-refractivity contribution in [3.8, 4) is 0 Å². The summed E-state index contributed by atoms with van der Waals surface area (Å²) in [5, 5.41) is 5.19. The molecular weight excluding hydrogens is 252 g/mol. The van der Waals surface area contributed by atoms with Crippen LogP contribution in [-0.2, 0) is 0 Å². The van der Waals surface area contributed by atoms with Gasteiger partial charge in [-0.05, 0) is 43.6 Å². The molecule has 0 radical (unpaired) electrons. The zero-order valence-corrected chi connectivity index (χ0v) is 11.9. The maximum absolute atomic E-state index is 12.3. The van der Waals surface area contributed by atoms with Gasteiger partial charge in [0.2, 0.25) is 0 Å². The van der Waals surface area contributed by atoms with Gasteiger partial charge in [0.25, 0.3) is 5.91 Å². The number of nitrogens with one attached hydrogen (secondary N) is 1. The number of carbonyl (C=O) groups excluding carboxylic acids is 1. The van der Waals surface area contributed by atoms with Gasteiger partial charge in [0, 0.05) is 18.0 Å². The Bertz CT molecular complexity index is 392. The molecule has 0 spiro atoms. The summed E-state index contributed by atoms with van der Waals surface area (Å²) in [6.07, 6.45) is 3.14. The van der Waals surface area contributed by atoms with Crippen molar-refractivity contribution in [3.63, 3.8) is 0 Å². The number of carbonyl (C=O) groups is 1. The van der Waals surface area contributed by atoms with Crippen LogP contribution in [0.15, 0.2) is 16.3 Å². The van der Waals surface area contributed by atoms with E-state index in [0.717, 1.165) is 35.8 Å². The number of rotatable bonds is 4. The van der Waals surface area contributed by atoms with Gasteiger partial charge < -0.3 is 10.2 Å². The molecule has 1 amide bonds. The van der Waals surface area contributed by atoms with E-state index in [-0.39, 0.29) is 5.91 Å². The molecule has 94 valence electrons. The monoisotopic (exact) mass is 270 g/mol. The third-order valence-corrected chi connectivity index (χ3v) is 4.92. The van der Waals surface area contributed by atoms with Crippen molar-refractivity contribution in [1.82, 2.24) is 10.2 Å². The molecule has 1 aliphatic heterocycles. The lowest BCUT2D eigenvalue weighted by molar-refractivity contribution is 0.0789. The highest BCUT2D eigenvalue weighted by Gasteiger charge is 2.28. The van der Waals surface area contributed by atoms with Gasteiger partial charge >= 0.3 is 0 Å². The average Bonchev–Trinajstić information content (AvgIpc) is 2.96. The summed E-state index contributed by atoms with van der Waals surface area (Å²) in [6.45, 7) is 2.80. The number of thiophene rings is 1. The molecule has 0 saturated carbocycles. The molecule has 1 saturated heterocycles. The zero-order chi connectivity index (χ0) is 12.3. The molecule has 1 atom stereocenters. The molecule has 0 aliphatic carbocycles. The summed E-state index contributed by atoms with van der Waals surface area (Å²) in [5.74, 6) is 0.824. The maximum atomic E-state index is 12.3. The van der Waals surface area contributed by atoms with E-state index in [4.69, 9.17) is 0 Å². The molecule has 0 aromatic carbocycles. The Morgan fingerprint density at radius 2 is 2.53 bits per heavy atom. The van der Waals surface area contributed by atoms with Gasteiger partial charge in [0.05, 0.1) is 0 Å². The number of thioether (sulfide) groups is 1. The first-order valence-corrected chi connectivity index (χ1v) is 7.92. The quantitative estimate of drug-likeness (QED) is 0.851. The van der Waals surface area contributed by atoms with E-state index in [2.05, 4.69) is 5.32 Å². The molecule has 2 rings (SSSR count). The first kappa shape index (κ1) is 12.9. The van der Waals surface area contributed by atoms with Gasteiger partial charge in [-0.2, -0.15) is 0 Å². The second-order valence-electron chi connectivity index (χ2n) is 4.28. The Kier molecular flexibility index (Phi) is 4.48. The van der Waals surface area contributed by atoms with Crippen LogP contribution < -0.4 is 5.32 Å². The van der Waals surface area contributed by atoms with Crippen LogP contribution in [0.1, 0.15) is 16.1 Å². The van der Waals surface area contributed by atoms with Crippen molar-refractivity contribution in [1.29, 1.82) is 0 Å². The van der Waals surface area contributed by atoms with Crippen LogP contribution in [0, 0.1) is 5.92 Å². The molecule has 0 bridgehead atoms. The molecular formula is C12H18N2OS2. The van der Waals surface area contributed by atoms with E-state index in [9.17, 15) is 4.79 Å². The fourth-order valence-corrected chi connectivity index (χ4v) is 3.94. The van der Waals surface area contributed by atoms with Crippen molar-refractivity contribution in [2.24, 2.45) is 5.92 Å². The van der Waals surface area contributed by atoms with E-state index < -0.39 is 0 Å². The van der Waals surface area contributed by atoms with Crippen LogP contribution in [0.25, 0.3) is 0 Å². The van der Waals surface area contributed by atoms with Crippen molar-refractivity contribution in [2.45, 2.75) is 11.3 Å². The second-order valence-corrected chi connectivity index (χ2v) is 6.05. The van der Waals surface area contributed by atoms with Gasteiger partial charge in [-0.1, -0.05) is 0 Å². The van der Waals surface area contributed by atoms with E-state index in [0.29, 0.717) is 5.92 Å². The third-order valence-electron chi connectivity index (χ3n) is 3.11. The number of hydrogen-bond acceptors (Lipinski definition) is 4. The highest BCUT2D eigenvalue weighted by Crippen LogP contribution is 2.28. The van der Waals surface area contributed by atoms with Crippen LogP contribution in [0.2, 0.25) is 0 Å². The predicted octanol–water partition coefficient (Wildman–Crippen LogP) is 2.15. The molecule has 17 heavy (non-hydrogen) atoms. The number of hydrogen-bond donors (Lipinski definition) is 1. The fraction of sp³-hybridized carbons (Fsp3) is 0.583. The topological polar surface area (TPSA) is 32.3 Å². The van der Waals surface area contributed by atoms with Gasteiger partial charge in [0.1, 0.15) is 4.88 Å². The first-order valence-electron chi connectivity index (χ1n) is 5.81. The minimum absolute atomic E-state index is 0.211. The lowest BCUT2D eigenvalue weighted by Crippen LogP contribution is -2.30.